The van der Waals surface area contributed by atoms with E-state index in [1.54, 1.807) is 36.4 Å². The van der Waals surface area contributed by atoms with Gasteiger partial charge in [-0.15, -0.1) is 0 Å². The van der Waals surface area contributed by atoms with E-state index in [0.717, 1.165) is 17.7 Å². The van der Waals surface area contributed by atoms with E-state index in [0.29, 0.717) is 11.4 Å². The van der Waals surface area contributed by atoms with Crippen LogP contribution in [-0.2, 0) is 10.0 Å². The topological polar surface area (TPSA) is 58.2 Å². The summed E-state index contributed by atoms with van der Waals surface area (Å²) in [7, 11) is -3.69. The molecule has 0 bridgehead atoms. The SMILES string of the molecule is Cc1ccc(S(=O)(=O)Nc2ccc(Nc3ccc(F)cc3F)cc2)cc1. The molecule has 0 saturated heterocycles. The van der Waals surface area contributed by atoms with Gasteiger partial charge in [0, 0.05) is 17.4 Å². The van der Waals surface area contributed by atoms with Crippen LogP contribution in [0.25, 0.3) is 0 Å². The maximum atomic E-state index is 13.7. The Morgan fingerprint density at radius 3 is 2.04 bits per heavy atom. The molecular weight excluding hydrogens is 358 g/mol. The van der Waals surface area contributed by atoms with Crippen LogP contribution in [-0.4, -0.2) is 8.42 Å². The van der Waals surface area contributed by atoms with Crippen LogP contribution in [0.3, 0.4) is 0 Å². The average molecular weight is 374 g/mol. The van der Waals surface area contributed by atoms with Gasteiger partial charge in [-0.3, -0.25) is 4.72 Å². The van der Waals surface area contributed by atoms with Crippen molar-refractivity contribution >= 4 is 27.1 Å². The summed E-state index contributed by atoms with van der Waals surface area (Å²) >= 11 is 0. The maximum Gasteiger partial charge on any atom is 0.261 e. The Kier molecular flexibility index (Phi) is 4.90. The highest BCUT2D eigenvalue weighted by Crippen LogP contribution is 2.23. The van der Waals surface area contributed by atoms with E-state index < -0.39 is 21.7 Å². The molecule has 3 aromatic carbocycles. The van der Waals surface area contributed by atoms with E-state index in [-0.39, 0.29) is 10.6 Å². The lowest BCUT2D eigenvalue weighted by molar-refractivity contribution is 0.586. The van der Waals surface area contributed by atoms with Crippen LogP contribution in [0.1, 0.15) is 5.56 Å². The van der Waals surface area contributed by atoms with E-state index >= 15 is 0 Å². The molecule has 4 nitrogen and oxygen atoms in total. The van der Waals surface area contributed by atoms with Crippen LogP contribution >= 0.6 is 0 Å². The second-order valence-corrected chi connectivity index (χ2v) is 7.43. The van der Waals surface area contributed by atoms with E-state index in [1.165, 1.54) is 18.2 Å². The van der Waals surface area contributed by atoms with Crippen LogP contribution in [0.15, 0.2) is 71.6 Å². The van der Waals surface area contributed by atoms with Crippen molar-refractivity contribution in [1.29, 1.82) is 0 Å². The fourth-order valence-electron chi connectivity index (χ4n) is 2.30. The molecule has 0 aliphatic rings. The van der Waals surface area contributed by atoms with Crippen molar-refractivity contribution in [3.05, 3.63) is 83.9 Å². The molecule has 0 fully saturated rings. The van der Waals surface area contributed by atoms with Crippen LogP contribution in [0.5, 0.6) is 0 Å². The molecule has 3 rings (SSSR count). The third kappa shape index (κ3) is 4.18. The summed E-state index contributed by atoms with van der Waals surface area (Å²) in [4.78, 5) is 0.165. The second-order valence-electron chi connectivity index (χ2n) is 5.75. The summed E-state index contributed by atoms with van der Waals surface area (Å²) in [6.07, 6.45) is 0. The molecule has 0 radical (unpaired) electrons. The van der Waals surface area contributed by atoms with Crippen molar-refractivity contribution < 1.29 is 17.2 Å². The smallest absolute Gasteiger partial charge is 0.261 e. The number of hydrogen-bond acceptors (Lipinski definition) is 3. The van der Waals surface area contributed by atoms with Gasteiger partial charge in [-0.1, -0.05) is 17.7 Å². The lowest BCUT2D eigenvalue weighted by Crippen LogP contribution is -2.12. The van der Waals surface area contributed by atoms with Gasteiger partial charge in [0.05, 0.1) is 10.6 Å². The van der Waals surface area contributed by atoms with Crippen molar-refractivity contribution in [2.45, 2.75) is 11.8 Å². The lowest BCUT2D eigenvalue weighted by Gasteiger charge is -2.11. The lowest BCUT2D eigenvalue weighted by atomic mass is 10.2. The second kappa shape index (κ2) is 7.13. The molecule has 0 aliphatic heterocycles. The highest BCUT2D eigenvalue weighted by molar-refractivity contribution is 7.92. The molecule has 0 atom stereocenters. The highest BCUT2D eigenvalue weighted by Gasteiger charge is 2.13. The van der Waals surface area contributed by atoms with Crippen LogP contribution in [0.4, 0.5) is 25.8 Å². The van der Waals surface area contributed by atoms with Gasteiger partial charge in [0.1, 0.15) is 11.6 Å². The van der Waals surface area contributed by atoms with Crippen LogP contribution in [0, 0.1) is 18.6 Å². The van der Waals surface area contributed by atoms with Gasteiger partial charge < -0.3 is 5.32 Å². The van der Waals surface area contributed by atoms with Crippen molar-refractivity contribution in [1.82, 2.24) is 0 Å². The molecule has 7 heteroatoms. The number of halogens is 2. The Bertz CT molecular complexity index is 1020. The zero-order chi connectivity index (χ0) is 18.7. The fourth-order valence-corrected chi connectivity index (χ4v) is 3.36. The first-order chi connectivity index (χ1) is 12.3. The molecule has 0 spiro atoms. The maximum absolute atomic E-state index is 13.7. The molecule has 26 heavy (non-hydrogen) atoms. The first-order valence-electron chi connectivity index (χ1n) is 7.75. The minimum absolute atomic E-state index is 0.124. The Morgan fingerprint density at radius 2 is 1.42 bits per heavy atom. The molecular formula is C19H16F2N2O2S. The summed E-state index contributed by atoms with van der Waals surface area (Å²) in [5.41, 5.74) is 2.00. The van der Waals surface area contributed by atoms with E-state index in [2.05, 4.69) is 10.0 Å². The first kappa shape index (κ1) is 17.9. The first-order valence-corrected chi connectivity index (χ1v) is 9.23. The molecule has 0 unspecified atom stereocenters. The number of hydrogen-bond donors (Lipinski definition) is 2. The zero-order valence-corrected chi connectivity index (χ0v) is 14.6. The number of sulfonamides is 1. The molecule has 0 amide bonds. The van der Waals surface area contributed by atoms with Gasteiger partial charge >= 0.3 is 0 Å². The average Bonchev–Trinajstić information content (AvgIpc) is 2.59. The fraction of sp³-hybridized carbons (Fsp3) is 0.0526. The molecule has 0 aliphatic carbocycles. The van der Waals surface area contributed by atoms with Crippen molar-refractivity contribution in [2.75, 3.05) is 10.0 Å². The number of aryl methyl sites for hydroxylation is 1. The Hall–Kier alpha value is -2.93. The Balaban J connectivity index is 1.74. The number of rotatable bonds is 5. The van der Waals surface area contributed by atoms with Gasteiger partial charge in [-0.2, -0.15) is 0 Å². The summed E-state index contributed by atoms with van der Waals surface area (Å²) in [5.74, 6) is -1.37. The van der Waals surface area contributed by atoms with Gasteiger partial charge in [-0.05, 0) is 55.5 Å². The standard InChI is InChI=1S/C19H16F2N2O2S/c1-13-2-9-17(10-3-13)26(24,25)23-16-7-5-15(6-8-16)22-19-11-4-14(20)12-18(19)21/h2-12,22-23H,1H3. The number of anilines is 3. The minimum atomic E-state index is -3.69. The monoisotopic (exact) mass is 374 g/mol. The molecule has 134 valence electrons. The van der Waals surface area contributed by atoms with E-state index in [9.17, 15) is 17.2 Å². The van der Waals surface area contributed by atoms with E-state index in [1.807, 2.05) is 6.92 Å². The summed E-state index contributed by atoms with van der Waals surface area (Å²) in [6.45, 7) is 1.87. The third-order valence-electron chi connectivity index (χ3n) is 3.68. The summed E-state index contributed by atoms with van der Waals surface area (Å²) < 4.78 is 53.8. The van der Waals surface area contributed by atoms with Gasteiger partial charge in [0.15, 0.2) is 0 Å². The van der Waals surface area contributed by atoms with Gasteiger partial charge in [0.25, 0.3) is 10.0 Å². The van der Waals surface area contributed by atoms with E-state index in [4.69, 9.17) is 0 Å². The van der Waals surface area contributed by atoms with Crippen molar-refractivity contribution in [2.24, 2.45) is 0 Å². The predicted molar refractivity (Wildman–Crippen MR) is 98.1 cm³/mol. The molecule has 3 aromatic rings. The summed E-state index contributed by atoms with van der Waals surface area (Å²) in [5, 5.41) is 2.81. The summed E-state index contributed by atoms with van der Waals surface area (Å²) in [6, 6.07) is 16.0. The number of benzene rings is 3. The zero-order valence-electron chi connectivity index (χ0n) is 13.8. The van der Waals surface area contributed by atoms with Crippen LogP contribution in [0.2, 0.25) is 0 Å². The van der Waals surface area contributed by atoms with Crippen molar-refractivity contribution in [3.8, 4) is 0 Å². The largest absolute Gasteiger partial charge is 0.353 e. The number of nitrogens with one attached hydrogen (secondary N) is 2. The molecule has 0 heterocycles. The van der Waals surface area contributed by atoms with Gasteiger partial charge in [-0.25, -0.2) is 17.2 Å². The predicted octanol–water partition coefficient (Wildman–Crippen LogP) is 4.82. The Morgan fingerprint density at radius 1 is 0.808 bits per heavy atom. The minimum Gasteiger partial charge on any atom is -0.353 e. The van der Waals surface area contributed by atoms with Crippen molar-refractivity contribution in [3.63, 3.8) is 0 Å². The highest BCUT2D eigenvalue weighted by atomic mass is 32.2. The molecule has 0 saturated carbocycles. The van der Waals surface area contributed by atoms with Crippen LogP contribution < -0.4 is 10.0 Å². The Labute approximate surface area is 150 Å². The van der Waals surface area contributed by atoms with Gasteiger partial charge in [0.2, 0.25) is 0 Å². The normalized spacial score (nSPS) is 11.2. The molecule has 2 N–H and O–H groups in total. The third-order valence-corrected chi connectivity index (χ3v) is 5.08. The quantitative estimate of drug-likeness (QED) is 0.673. The molecule has 0 aromatic heterocycles.